The molecule has 0 saturated carbocycles. The molecule has 0 aliphatic carbocycles. The zero-order valence-electron chi connectivity index (χ0n) is 4.59. The van der Waals surface area contributed by atoms with E-state index in [4.69, 9.17) is 11.5 Å². The van der Waals surface area contributed by atoms with Crippen LogP contribution >= 0.6 is 0 Å². The van der Waals surface area contributed by atoms with Crippen molar-refractivity contribution in [3.8, 4) is 0 Å². The lowest BCUT2D eigenvalue weighted by Crippen LogP contribution is -2.14. The van der Waals surface area contributed by atoms with Crippen LogP contribution in [0.25, 0.3) is 0 Å². The highest BCUT2D eigenvalue weighted by Gasteiger charge is 1.96. The Morgan fingerprint density at radius 3 is 2.67 bits per heavy atom. The van der Waals surface area contributed by atoms with Crippen molar-refractivity contribution in [1.82, 2.24) is 9.97 Å². The van der Waals surface area contributed by atoms with Gasteiger partial charge in [-0.15, -0.1) is 0 Å². The average molecular weight is 128 g/mol. The number of aromatic amines is 1. The molecule has 1 rings (SSSR count). The molecule has 5 N–H and O–H groups in total. The van der Waals surface area contributed by atoms with Gasteiger partial charge in [-0.3, -0.25) is 4.79 Å². The SMILES string of the molecule is Nc1n[13cH][nH]c(=O)c1[15NH2]. The summed E-state index contributed by atoms with van der Waals surface area (Å²) in [5.74, 6) is 0.0683. The van der Waals surface area contributed by atoms with E-state index in [9.17, 15) is 4.79 Å². The number of rotatable bonds is 0. The fraction of sp³-hybridized carbons (Fsp3) is 0. The fourth-order valence-electron chi connectivity index (χ4n) is 0.424. The molecule has 0 saturated heterocycles. The molecular formula is C4H6N4O. The van der Waals surface area contributed by atoms with E-state index in [1.165, 1.54) is 6.33 Å². The predicted octanol–water partition coefficient (Wildman–Crippen LogP) is -1.07. The number of hydrogen-bond donors (Lipinski definition) is 3. The summed E-state index contributed by atoms with van der Waals surface area (Å²) < 4.78 is 0. The standard InChI is InChI=1S/C4H6N4O/c5-2-3(6)7-1-8-4(2)9/h1H,5H2,(H3,6,7,8,9)/i1+1,5+1. The maximum atomic E-state index is 10.5. The predicted molar refractivity (Wildman–Crippen MR) is 33.7 cm³/mol. The quantitative estimate of drug-likeness (QED) is 0.387. The highest BCUT2D eigenvalue weighted by molar-refractivity contribution is 5.55. The second-order valence-electron chi connectivity index (χ2n) is 1.53. The third-order valence-electron chi connectivity index (χ3n) is 0.920. The minimum Gasteiger partial charge on any atom is -0.391 e. The molecule has 5 heteroatoms. The smallest absolute Gasteiger partial charge is 0.276 e. The number of nitrogens with zero attached hydrogens (tertiary/aromatic N) is 1. The Hall–Kier alpha value is -1.52. The molecule has 0 unspecified atom stereocenters. The van der Waals surface area contributed by atoms with Crippen molar-refractivity contribution >= 4 is 11.5 Å². The van der Waals surface area contributed by atoms with Gasteiger partial charge in [-0.1, -0.05) is 0 Å². The normalized spacial score (nSPS) is 9.33. The Balaban J connectivity index is 3.43. The molecule has 0 bridgehead atoms. The van der Waals surface area contributed by atoms with Gasteiger partial charge in [0.1, 0.15) is 5.69 Å². The van der Waals surface area contributed by atoms with Crippen LogP contribution in [0, 0.1) is 0 Å². The minimum absolute atomic E-state index is 0.0301. The maximum absolute atomic E-state index is 10.5. The summed E-state index contributed by atoms with van der Waals surface area (Å²) in [6.07, 6.45) is 1.20. The van der Waals surface area contributed by atoms with Gasteiger partial charge < -0.3 is 16.5 Å². The summed E-state index contributed by atoms with van der Waals surface area (Å²) in [5.41, 5.74) is 9.88. The van der Waals surface area contributed by atoms with Crippen LogP contribution < -0.4 is 17.0 Å². The molecular weight excluding hydrogens is 122 g/mol. The van der Waals surface area contributed by atoms with E-state index in [2.05, 4.69) is 9.97 Å². The van der Waals surface area contributed by atoms with Gasteiger partial charge in [0.05, 0.1) is 6.33 Å². The van der Waals surface area contributed by atoms with Crippen LogP contribution in [0.5, 0.6) is 0 Å². The van der Waals surface area contributed by atoms with E-state index in [0.717, 1.165) is 0 Å². The van der Waals surface area contributed by atoms with Gasteiger partial charge in [-0.05, 0) is 0 Å². The van der Waals surface area contributed by atoms with Gasteiger partial charge in [-0.25, -0.2) is 4.98 Å². The third kappa shape index (κ3) is 0.835. The molecule has 0 aromatic carbocycles. The number of nitrogen functional groups attached to an aromatic ring is 2. The summed E-state index contributed by atoms with van der Waals surface area (Å²) in [4.78, 5) is 16.3. The van der Waals surface area contributed by atoms with Crippen LogP contribution in [0.2, 0.25) is 0 Å². The second kappa shape index (κ2) is 1.77. The molecule has 1 aromatic heterocycles. The van der Waals surface area contributed by atoms with Gasteiger partial charge in [0, 0.05) is 0 Å². The van der Waals surface area contributed by atoms with Crippen LogP contribution in [0.15, 0.2) is 11.1 Å². The summed E-state index contributed by atoms with van der Waals surface area (Å²) in [6, 6.07) is 0. The first-order valence-corrected chi connectivity index (χ1v) is 2.30. The largest absolute Gasteiger partial charge is 0.391 e. The molecule has 0 amide bonds. The lowest BCUT2D eigenvalue weighted by atomic mass is 10.5. The van der Waals surface area contributed by atoms with Crippen molar-refractivity contribution in [2.75, 3.05) is 11.5 Å². The highest BCUT2D eigenvalue weighted by atomic mass is 16.1. The topological polar surface area (TPSA) is 97.8 Å². The van der Waals surface area contributed by atoms with Crippen LogP contribution in [0.1, 0.15) is 0 Å². The number of aromatic nitrogens is 2. The fourth-order valence-corrected chi connectivity index (χ4v) is 0.424. The van der Waals surface area contributed by atoms with E-state index in [1.54, 1.807) is 0 Å². The van der Waals surface area contributed by atoms with Gasteiger partial charge in [0.15, 0.2) is 5.82 Å². The summed E-state index contributed by atoms with van der Waals surface area (Å²) >= 11 is 0. The number of H-pyrrole nitrogens is 1. The molecule has 0 aliphatic rings. The third-order valence-corrected chi connectivity index (χ3v) is 0.920. The Kier molecular flexibility index (Phi) is 1.11. The lowest BCUT2D eigenvalue weighted by Gasteiger charge is -1.92. The summed E-state index contributed by atoms with van der Waals surface area (Å²) in [7, 11) is 0. The molecule has 0 atom stereocenters. The van der Waals surface area contributed by atoms with Crippen molar-refractivity contribution in [2.45, 2.75) is 0 Å². The Bertz CT molecular complexity index is 266. The van der Waals surface area contributed by atoms with Crippen LogP contribution in [0.3, 0.4) is 0 Å². The van der Waals surface area contributed by atoms with Crippen molar-refractivity contribution < 1.29 is 0 Å². The molecule has 5 nitrogen and oxygen atoms in total. The van der Waals surface area contributed by atoms with Crippen molar-refractivity contribution in [1.29, 1.82) is 0 Å². The van der Waals surface area contributed by atoms with E-state index >= 15 is 0 Å². The van der Waals surface area contributed by atoms with Gasteiger partial charge in [0.25, 0.3) is 5.56 Å². The van der Waals surface area contributed by atoms with Gasteiger partial charge in [0.2, 0.25) is 0 Å². The van der Waals surface area contributed by atoms with Gasteiger partial charge >= 0.3 is 0 Å². The van der Waals surface area contributed by atoms with E-state index < -0.39 is 5.56 Å². The van der Waals surface area contributed by atoms with E-state index in [0.29, 0.717) is 0 Å². The van der Waals surface area contributed by atoms with E-state index in [1.807, 2.05) is 0 Å². The molecule has 0 aliphatic heterocycles. The lowest BCUT2D eigenvalue weighted by molar-refractivity contribution is 1.13. The monoisotopic (exact) mass is 128 g/mol. The summed E-state index contributed by atoms with van der Waals surface area (Å²) in [6.45, 7) is 0. The minimum atomic E-state index is -0.400. The number of nitrogens with one attached hydrogen (secondary N) is 1. The number of hydrogen-bond acceptors (Lipinski definition) is 4. The molecule has 1 aromatic rings. The van der Waals surface area contributed by atoms with Crippen molar-refractivity contribution in [3.63, 3.8) is 0 Å². The van der Waals surface area contributed by atoms with Crippen molar-refractivity contribution in [2.24, 2.45) is 0 Å². The second-order valence-corrected chi connectivity index (χ2v) is 1.53. The Morgan fingerprint density at radius 2 is 2.22 bits per heavy atom. The van der Waals surface area contributed by atoms with E-state index in [-0.39, 0.29) is 11.5 Å². The maximum Gasteiger partial charge on any atom is 0.276 e. The first kappa shape index (κ1) is 5.61. The first-order valence-electron chi connectivity index (χ1n) is 2.30. The number of anilines is 2. The molecule has 48 valence electrons. The van der Waals surface area contributed by atoms with Crippen molar-refractivity contribution in [3.05, 3.63) is 16.7 Å². The van der Waals surface area contributed by atoms with Crippen LogP contribution in [-0.2, 0) is 0 Å². The molecule has 9 heavy (non-hydrogen) atoms. The average Bonchev–Trinajstić information content (AvgIpc) is 1.83. The molecule has 0 fully saturated rings. The molecule has 0 spiro atoms. The zero-order valence-corrected chi connectivity index (χ0v) is 4.59. The Labute approximate surface area is 50.7 Å². The molecule has 0 radical (unpaired) electrons. The van der Waals surface area contributed by atoms with Crippen LogP contribution in [0.4, 0.5) is 11.5 Å². The summed E-state index contributed by atoms with van der Waals surface area (Å²) in [5, 5.41) is 0. The van der Waals surface area contributed by atoms with Gasteiger partial charge in [-0.2, -0.15) is 0 Å². The number of nitrogens with two attached hydrogens (primary N) is 2. The first-order chi connectivity index (χ1) is 4.22. The highest BCUT2D eigenvalue weighted by Crippen LogP contribution is 1.98. The Morgan fingerprint density at radius 1 is 1.56 bits per heavy atom. The molecule has 1 heterocycles. The zero-order chi connectivity index (χ0) is 6.85. The van der Waals surface area contributed by atoms with Crippen LogP contribution in [-0.4, -0.2) is 9.97 Å².